The molecule has 150 valence electrons. The number of aliphatic carboxylic acids is 1. The molecule has 1 N–H and O–H groups in total. The molecule has 1 fully saturated rings. The number of hydrogen-bond donors (Lipinski definition) is 1. The third-order valence-corrected chi connectivity index (χ3v) is 4.53. The number of rotatable bonds is 3. The van der Waals surface area contributed by atoms with E-state index in [4.69, 9.17) is 4.74 Å². The average molecular weight is 387 g/mol. The number of benzene rings is 1. The van der Waals surface area contributed by atoms with Crippen LogP contribution in [0.15, 0.2) is 24.3 Å². The third kappa shape index (κ3) is 5.37. The Kier molecular flexibility index (Phi) is 6.07. The number of amides is 1. The smallest absolute Gasteiger partial charge is 0.416 e. The van der Waals surface area contributed by atoms with Crippen molar-refractivity contribution in [3.63, 3.8) is 0 Å². The van der Waals surface area contributed by atoms with Crippen molar-refractivity contribution < 1.29 is 32.6 Å². The predicted octanol–water partition coefficient (Wildman–Crippen LogP) is 4.52. The van der Waals surface area contributed by atoms with Gasteiger partial charge in [-0.1, -0.05) is 18.2 Å². The number of carbonyl (C=O) groups is 2. The van der Waals surface area contributed by atoms with Crippen LogP contribution in [0.3, 0.4) is 0 Å². The second-order valence-corrected chi connectivity index (χ2v) is 7.71. The van der Waals surface area contributed by atoms with Crippen molar-refractivity contribution >= 4 is 12.1 Å². The minimum absolute atomic E-state index is 0.229. The average Bonchev–Trinajstić information content (AvgIpc) is 2.53. The second kappa shape index (κ2) is 7.78. The first-order valence-corrected chi connectivity index (χ1v) is 8.77. The third-order valence-electron chi connectivity index (χ3n) is 4.53. The van der Waals surface area contributed by atoms with Gasteiger partial charge >= 0.3 is 18.2 Å². The molecule has 1 aromatic carbocycles. The van der Waals surface area contributed by atoms with Gasteiger partial charge in [-0.05, 0) is 51.2 Å². The number of carbonyl (C=O) groups excluding carboxylic acids is 1. The molecule has 0 aromatic heterocycles. The lowest BCUT2D eigenvalue weighted by molar-refractivity contribution is -0.143. The first-order valence-electron chi connectivity index (χ1n) is 8.77. The van der Waals surface area contributed by atoms with E-state index in [1.807, 2.05) is 0 Å². The van der Waals surface area contributed by atoms with Crippen LogP contribution >= 0.6 is 0 Å². The van der Waals surface area contributed by atoms with Crippen LogP contribution in [-0.4, -0.2) is 40.8 Å². The van der Waals surface area contributed by atoms with Crippen LogP contribution < -0.4 is 0 Å². The summed E-state index contributed by atoms with van der Waals surface area (Å²) in [4.78, 5) is 25.4. The maximum absolute atomic E-state index is 13.3. The molecule has 2 rings (SSSR count). The number of carboxylic acids is 1. The van der Waals surface area contributed by atoms with Crippen molar-refractivity contribution in [2.24, 2.45) is 5.92 Å². The summed E-state index contributed by atoms with van der Waals surface area (Å²) in [7, 11) is 0. The first kappa shape index (κ1) is 21.1. The van der Waals surface area contributed by atoms with Gasteiger partial charge in [0.2, 0.25) is 0 Å². The minimum Gasteiger partial charge on any atom is -0.481 e. The van der Waals surface area contributed by atoms with E-state index in [0.29, 0.717) is 12.8 Å². The molecule has 1 aliphatic heterocycles. The zero-order valence-electron chi connectivity index (χ0n) is 15.5. The molecule has 1 saturated heterocycles. The van der Waals surface area contributed by atoms with E-state index in [0.717, 1.165) is 6.07 Å². The molecule has 1 unspecified atom stereocenters. The Labute approximate surface area is 156 Å². The van der Waals surface area contributed by atoms with Gasteiger partial charge in [-0.2, -0.15) is 13.2 Å². The van der Waals surface area contributed by atoms with Gasteiger partial charge in [0.05, 0.1) is 11.5 Å². The largest absolute Gasteiger partial charge is 0.481 e. The van der Waals surface area contributed by atoms with E-state index in [-0.39, 0.29) is 18.7 Å². The SMILES string of the molecule is CC(C)(C)OC(=O)N1CCC(C(C(=O)O)c2ccccc2C(F)(F)F)CC1. The van der Waals surface area contributed by atoms with Crippen LogP contribution in [0, 0.1) is 5.92 Å². The van der Waals surface area contributed by atoms with E-state index < -0.39 is 41.2 Å². The lowest BCUT2D eigenvalue weighted by Gasteiger charge is -2.36. The Balaban J connectivity index is 2.18. The molecule has 1 atom stereocenters. The summed E-state index contributed by atoms with van der Waals surface area (Å²) in [6, 6.07) is 4.79. The number of carboxylic acid groups (broad SMARTS) is 1. The molecule has 8 heteroatoms. The Hall–Kier alpha value is -2.25. The van der Waals surface area contributed by atoms with Crippen molar-refractivity contribution in [3.8, 4) is 0 Å². The Morgan fingerprint density at radius 3 is 2.19 bits per heavy atom. The van der Waals surface area contributed by atoms with Crippen molar-refractivity contribution in [1.29, 1.82) is 0 Å². The Bertz CT molecular complexity index is 689. The van der Waals surface area contributed by atoms with Crippen LogP contribution in [0.25, 0.3) is 0 Å². The van der Waals surface area contributed by atoms with E-state index in [1.165, 1.54) is 23.1 Å². The van der Waals surface area contributed by atoms with Crippen molar-refractivity contribution in [2.75, 3.05) is 13.1 Å². The van der Waals surface area contributed by atoms with Gasteiger partial charge in [0.1, 0.15) is 5.60 Å². The molecule has 0 radical (unpaired) electrons. The number of nitrogens with zero attached hydrogens (tertiary/aromatic N) is 1. The standard InChI is InChI=1S/C19H24F3NO4/c1-18(2,3)27-17(26)23-10-8-12(9-11-23)15(16(24)25)13-6-4-5-7-14(13)19(20,21)22/h4-7,12,15H,8-11H2,1-3H3,(H,24,25). The summed E-state index contributed by atoms with van der Waals surface area (Å²) in [5, 5.41) is 9.62. The first-order chi connectivity index (χ1) is 12.4. The molecule has 1 aromatic rings. The van der Waals surface area contributed by atoms with Crippen LogP contribution in [0.1, 0.15) is 50.7 Å². The van der Waals surface area contributed by atoms with Gasteiger partial charge in [-0.3, -0.25) is 4.79 Å². The van der Waals surface area contributed by atoms with E-state index in [9.17, 15) is 27.9 Å². The van der Waals surface area contributed by atoms with E-state index in [2.05, 4.69) is 0 Å². The monoisotopic (exact) mass is 387 g/mol. The molecule has 0 aliphatic carbocycles. The predicted molar refractivity (Wildman–Crippen MR) is 92.4 cm³/mol. The van der Waals surface area contributed by atoms with Crippen LogP contribution in [-0.2, 0) is 15.7 Å². The number of piperidine rings is 1. The van der Waals surface area contributed by atoms with Crippen molar-refractivity contribution in [1.82, 2.24) is 4.90 Å². The lowest BCUT2D eigenvalue weighted by atomic mass is 9.78. The lowest BCUT2D eigenvalue weighted by Crippen LogP contribution is -2.43. The summed E-state index contributed by atoms with van der Waals surface area (Å²) in [5.41, 5.74) is -1.80. The van der Waals surface area contributed by atoms with Crippen LogP contribution in [0.5, 0.6) is 0 Å². The highest BCUT2D eigenvalue weighted by Gasteiger charge is 2.41. The van der Waals surface area contributed by atoms with Crippen molar-refractivity contribution in [3.05, 3.63) is 35.4 Å². The Morgan fingerprint density at radius 1 is 1.15 bits per heavy atom. The fraction of sp³-hybridized carbons (Fsp3) is 0.579. The number of hydrogen-bond acceptors (Lipinski definition) is 3. The summed E-state index contributed by atoms with van der Waals surface area (Å²) < 4.78 is 45.2. The molecule has 27 heavy (non-hydrogen) atoms. The zero-order chi connectivity index (χ0) is 20.4. The summed E-state index contributed by atoms with van der Waals surface area (Å²) >= 11 is 0. The van der Waals surface area contributed by atoms with E-state index in [1.54, 1.807) is 20.8 Å². The normalized spacial score (nSPS) is 17.5. The fourth-order valence-corrected chi connectivity index (χ4v) is 3.36. The number of ether oxygens (including phenoxy) is 1. The zero-order valence-corrected chi connectivity index (χ0v) is 15.5. The molecular formula is C19H24F3NO4. The molecule has 0 bridgehead atoms. The topological polar surface area (TPSA) is 66.8 Å². The number of likely N-dealkylation sites (tertiary alicyclic amines) is 1. The summed E-state index contributed by atoms with van der Waals surface area (Å²) in [6.07, 6.45) is -4.53. The molecule has 1 heterocycles. The minimum atomic E-state index is -4.62. The molecule has 0 saturated carbocycles. The maximum Gasteiger partial charge on any atom is 0.416 e. The number of halogens is 3. The van der Waals surface area contributed by atoms with E-state index >= 15 is 0 Å². The highest BCUT2D eigenvalue weighted by molar-refractivity contribution is 5.77. The quantitative estimate of drug-likeness (QED) is 0.828. The van der Waals surface area contributed by atoms with Gasteiger partial charge in [0, 0.05) is 13.1 Å². The van der Waals surface area contributed by atoms with Crippen LogP contribution in [0.2, 0.25) is 0 Å². The molecule has 1 amide bonds. The number of alkyl halides is 3. The van der Waals surface area contributed by atoms with Gasteiger partial charge in [-0.25, -0.2) is 4.79 Å². The van der Waals surface area contributed by atoms with Crippen LogP contribution in [0.4, 0.5) is 18.0 Å². The fourth-order valence-electron chi connectivity index (χ4n) is 3.36. The van der Waals surface area contributed by atoms with Gasteiger partial charge in [-0.15, -0.1) is 0 Å². The molecule has 0 spiro atoms. The van der Waals surface area contributed by atoms with Gasteiger partial charge < -0.3 is 14.7 Å². The maximum atomic E-state index is 13.3. The molecule has 1 aliphatic rings. The van der Waals surface area contributed by atoms with Crippen molar-refractivity contribution in [2.45, 2.75) is 51.3 Å². The molecular weight excluding hydrogens is 363 g/mol. The summed E-state index contributed by atoms with van der Waals surface area (Å²) in [5.74, 6) is -3.06. The highest BCUT2D eigenvalue weighted by Crippen LogP contribution is 2.40. The highest BCUT2D eigenvalue weighted by atomic mass is 19.4. The van der Waals surface area contributed by atoms with Gasteiger partial charge in [0.15, 0.2) is 0 Å². The second-order valence-electron chi connectivity index (χ2n) is 7.71. The summed E-state index contributed by atoms with van der Waals surface area (Å²) in [6.45, 7) is 5.72. The molecule has 5 nitrogen and oxygen atoms in total. The van der Waals surface area contributed by atoms with Gasteiger partial charge in [0.25, 0.3) is 0 Å². The Morgan fingerprint density at radius 2 is 1.70 bits per heavy atom.